The van der Waals surface area contributed by atoms with Gasteiger partial charge in [-0.05, 0) is 33.0 Å². The van der Waals surface area contributed by atoms with Crippen molar-refractivity contribution < 1.29 is 4.79 Å². The second-order valence-corrected chi connectivity index (χ2v) is 4.73. The van der Waals surface area contributed by atoms with Crippen molar-refractivity contribution in [2.45, 2.75) is 19.4 Å². The minimum Gasteiger partial charge on any atom is -0.324 e. The van der Waals surface area contributed by atoms with Gasteiger partial charge in [0.15, 0.2) is 0 Å². The van der Waals surface area contributed by atoms with Gasteiger partial charge >= 0.3 is 0 Å². The first-order valence-corrected chi connectivity index (χ1v) is 5.88. The Morgan fingerprint density at radius 3 is 2.78 bits per heavy atom. The summed E-state index contributed by atoms with van der Waals surface area (Å²) < 4.78 is 0. The van der Waals surface area contributed by atoms with Gasteiger partial charge in [-0.1, -0.05) is 12.1 Å². The maximum atomic E-state index is 12.1. The predicted octanol–water partition coefficient (Wildman–Crippen LogP) is 2.17. The van der Waals surface area contributed by atoms with E-state index in [1.165, 1.54) is 0 Å². The zero-order valence-electron chi connectivity index (χ0n) is 10.8. The molecule has 1 aromatic heterocycles. The number of amides is 1. The van der Waals surface area contributed by atoms with Crippen molar-refractivity contribution in [3.63, 3.8) is 0 Å². The summed E-state index contributed by atoms with van der Waals surface area (Å²) in [6, 6.07) is 7.68. The highest BCUT2D eigenvalue weighted by Crippen LogP contribution is 2.22. The number of likely N-dealkylation sites (N-methyl/N-ethyl adjacent to an activating group) is 1. The van der Waals surface area contributed by atoms with Crippen molar-refractivity contribution in [3.05, 3.63) is 36.7 Å². The third kappa shape index (κ3) is 2.33. The Labute approximate surface area is 106 Å². The maximum absolute atomic E-state index is 12.1. The largest absolute Gasteiger partial charge is 0.324 e. The fourth-order valence-electron chi connectivity index (χ4n) is 1.62. The summed E-state index contributed by atoms with van der Waals surface area (Å²) in [6.45, 7) is 3.68. The Balaban J connectivity index is 2.36. The van der Waals surface area contributed by atoms with Gasteiger partial charge in [0.05, 0.1) is 5.54 Å². The first-order valence-electron chi connectivity index (χ1n) is 5.88. The van der Waals surface area contributed by atoms with E-state index in [9.17, 15) is 4.79 Å². The lowest BCUT2D eigenvalue weighted by atomic mass is 10.0. The molecule has 1 aromatic carbocycles. The molecule has 0 atom stereocenters. The monoisotopic (exact) mass is 243 g/mol. The molecule has 2 rings (SSSR count). The van der Waals surface area contributed by atoms with Crippen LogP contribution in [0.4, 0.5) is 5.69 Å². The van der Waals surface area contributed by atoms with E-state index in [0.717, 1.165) is 16.5 Å². The zero-order chi connectivity index (χ0) is 13.2. The van der Waals surface area contributed by atoms with Crippen LogP contribution in [0.3, 0.4) is 0 Å². The molecule has 0 aliphatic carbocycles. The summed E-state index contributed by atoms with van der Waals surface area (Å²) in [4.78, 5) is 16.2. The Morgan fingerprint density at radius 2 is 2.06 bits per heavy atom. The van der Waals surface area contributed by atoms with Gasteiger partial charge in [0.1, 0.15) is 0 Å². The maximum Gasteiger partial charge on any atom is 0.244 e. The third-order valence-electron chi connectivity index (χ3n) is 3.12. The molecule has 0 unspecified atom stereocenters. The molecule has 4 heteroatoms. The zero-order valence-corrected chi connectivity index (χ0v) is 10.8. The van der Waals surface area contributed by atoms with E-state index in [-0.39, 0.29) is 5.91 Å². The lowest BCUT2D eigenvalue weighted by Gasteiger charge is -2.23. The number of nitrogens with one attached hydrogen (secondary N) is 2. The van der Waals surface area contributed by atoms with E-state index in [1.807, 2.05) is 38.1 Å². The lowest BCUT2D eigenvalue weighted by molar-refractivity contribution is -0.121. The number of hydrogen-bond acceptors (Lipinski definition) is 3. The molecule has 94 valence electrons. The Bertz CT molecular complexity index is 573. The van der Waals surface area contributed by atoms with Gasteiger partial charge in [-0.3, -0.25) is 9.78 Å². The van der Waals surface area contributed by atoms with Crippen molar-refractivity contribution >= 4 is 22.4 Å². The summed E-state index contributed by atoms with van der Waals surface area (Å²) in [5.74, 6) is -0.0608. The highest BCUT2D eigenvalue weighted by molar-refractivity contribution is 6.04. The number of pyridine rings is 1. The van der Waals surface area contributed by atoms with Crippen LogP contribution in [0.5, 0.6) is 0 Å². The highest BCUT2D eigenvalue weighted by atomic mass is 16.2. The highest BCUT2D eigenvalue weighted by Gasteiger charge is 2.25. The number of aromatic nitrogens is 1. The Kier molecular flexibility index (Phi) is 3.30. The van der Waals surface area contributed by atoms with Crippen LogP contribution < -0.4 is 10.6 Å². The molecular weight excluding hydrogens is 226 g/mol. The van der Waals surface area contributed by atoms with Gasteiger partial charge in [0.2, 0.25) is 5.91 Å². The van der Waals surface area contributed by atoms with Crippen molar-refractivity contribution in [2.75, 3.05) is 12.4 Å². The van der Waals surface area contributed by atoms with Crippen molar-refractivity contribution in [1.82, 2.24) is 10.3 Å². The normalized spacial score (nSPS) is 11.5. The molecule has 0 bridgehead atoms. The SMILES string of the molecule is CNC(C)(C)C(=O)Nc1cccc2cnccc12. The number of nitrogens with zero attached hydrogens (tertiary/aromatic N) is 1. The van der Waals surface area contributed by atoms with Crippen LogP contribution in [0.1, 0.15) is 13.8 Å². The van der Waals surface area contributed by atoms with Gasteiger partial charge in [0, 0.05) is 28.9 Å². The fourth-order valence-corrected chi connectivity index (χ4v) is 1.62. The number of anilines is 1. The molecule has 18 heavy (non-hydrogen) atoms. The number of rotatable bonds is 3. The predicted molar refractivity (Wildman–Crippen MR) is 73.5 cm³/mol. The van der Waals surface area contributed by atoms with Gasteiger partial charge < -0.3 is 10.6 Å². The van der Waals surface area contributed by atoms with Gasteiger partial charge in [0.25, 0.3) is 0 Å². The van der Waals surface area contributed by atoms with Crippen molar-refractivity contribution in [3.8, 4) is 0 Å². The van der Waals surface area contributed by atoms with Crippen LogP contribution in [0, 0.1) is 0 Å². The molecule has 2 N–H and O–H groups in total. The quantitative estimate of drug-likeness (QED) is 0.868. The third-order valence-corrected chi connectivity index (χ3v) is 3.12. The molecule has 0 fully saturated rings. The average Bonchev–Trinajstić information content (AvgIpc) is 2.39. The minimum absolute atomic E-state index is 0.0608. The van der Waals surface area contributed by atoms with Crippen molar-refractivity contribution in [1.29, 1.82) is 0 Å². The number of hydrogen-bond donors (Lipinski definition) is 2. The van der Waals surface area contributed by atoms with Gasteiger partial charge in [-0.2, -0.15) is 0 Å². The molecule has 0 saturated heterocycles. The molecule has 0 aliphatic heterocycles. The first kappa shape index (κ1) is 12.5. The summed E-state index contributed by atoms with van der Waals surface area (Å²) in [7, 11) is 1.77. The summed E-state index contributed by atoms with van der Waals surface area (Å²) >= 11 is 0. The molecule has 1 heterocycles. The number of fused-ring (bicyclic) bond motifs is 1. The van der Waals surface area contributed by atoms with E-state index in [4.69, 9.17) is 0 Å². The summed E-state index contributed by atoms with van der Waals surface area (Å²) in [5, 5.41) is 7.94. The molecular formula is C14H17N3O. The van der Waals surface area contributed by atoms with Crippen molar-refractivity contribution in [2.24, 2.45) is 0 Å². The molecule has 0 saturated carbocycles. The molecule has 0 aliphatic rings. The van der Waals surface area contributed by atoms with Crippen LogP contribution in [-0.4, -0.2) is 23.5 Å². The lowest BCUT2D eigenvalue weighted by Crippen LogP contribution is -2.47. The number of carbonyl (C=O) groups is 1. The van der Waals surface area contributed by atoms with Crippen LogP contribution in [0.15, 0.2) is 36.7 Å². The van der Waals surface area contributed by atoms with Gasteiger partial charge in [-0.25, -0.2) is 0 Å². The second-order valence-electron chi connectivity index (χ2n) is 4.73. The Hall–Kier alpha value is -1.94. The second kappa shape index (κ2) is 4.74. The number of carbonyl (C=O) groups excluding carboxylic acids is 1. The molecule has 0 radical (unpaired) electrons. The van der Waals surface area contributed by atoms with Crippen LogP contribution in [0.2, 0.25) is 0 Å². The van der Waals surface area contributed by atoms with Gasteiger partial charge in [-0.15, -0.1) is 0 Å². The van der Waals surface area contributed by atoms with Crippen LogP contribution in [0.25, 0.3) is 10.8 Å². The minimum atomic E-state index is -0.602. The molecule has 2 aromatic rings. The summed E-state index contributed by atoms with van der Waals surface area (Å²) in [6.07, 6.45) is 3.51. The topological polar surface area (TPSA) is 54.0 Å². The summed E-state index contributed by atoms with van der Waals surface area (Å²) in [5.41, 5.74) is 0.207. The van der Waals surface area contributed by atoms with E-state index in [1.54, 1.807) is 19.4 Å². The van der Waals surface area contributed by atoms with E-state index >= 15 is 0 Å². The fraction of sp³-hybridized carbons (Fsp3) is 0.286. The standard InChI is InChI=1S/C14H17N3O/c1-14(2,15-3)13(18)17-12-6-4-5-10-9-16-8-7-11(10)12/h4-9,15H,1-3H3,(H,17,18). The van der Waals surface area contributed by atoms with E-state index in [2.05, 4.69) is 15.6 Å². The number of benzene rings is 1. The van der Waals surface area contributed by atoms with E-state index < -0.39 is 5.54 Å². The smallest absolute Gasteiger partial charge is 0.244 e. The Morgan fingerprint density at radius 1 is 1.28 bits per heavy atom. The molecule has 4 nitrogen and oxygen atoms in total. The molecule has 1 amide bonds. The van der Waals surface area contributed by atoms with Crippen LogP contribution >= 0.6 is 0 Å². The van der Waals surface area contributed by atoms with Crippen LogP contribution in [-0.2, 0) is 4.79 Å². The molecule has 0 spiro atoms. The van der Waals surface area contributed by atoms with E-state index in [0.29, 0.717) is 0 Å². The first-order chi connectivity index (χ1) is 8.54. The average molecular weight is 243 g/mol.